The highest BCUT2D eigenvalue weighted by atomic mass is 19.3. The number of halogens is 2. The topological polar surface area (TPSA) is 105 Å². The molecule has 1 amide bonds. The molecule has 9 nitrogen and oxygen atoms in total. The third-order valence-electron chi connectivity index (χ3n) is 7.29. The number of rotatable bonds is 6. The zero-order valence-electron chi connectivity index (χ0n) is 19.6. The van der Waals surface area contributed by atoms with Crippen LogP contribution in [0.25, 0.3) is 33.3 Å². The molecule has 4 aromatic heterocycles. The molecule has 6 rings (SSSR count). The second kappa shape index (κ2) is 7.96. The van der Waals surface area contributed by atoms with Gasteiger partial charge in [-0.05, 0) is 39.2 Å². The second-order valence-electron chi connectivity index (χ2n) is 9.78. The highest BCUT2D eigenvalue weighted by Crippen LogP contribution is 2.41. The van der Waals surface area contributed by atoms with Crippen molar-refractivity contribution in [2.75, 3.05) is 11.9 Å². The first-order valence-corrected chi connectivity index (χ1v) is 11.8. The molecule has 0 aromatic carbocycles. The fourth-order valence-corrected chi connectivity index (χ4v) is 5.58. The number of H-pyrrole nitrogens is 1. The van der Waals surface area contributed by atoms with Gasteiger partial charge < -0.3 is 19.8 Å². The predicted octanol–water partition coefficient (Wildman–Crippen LogP) is 3.90. The summed E-state index contributed by atoms with van der Waals surface area (Å²) in [7, 11) is 0. The number of fused-ring (bicyclic) bond motifs is 2. The lowest BCUT2D eigenvalue weighted by molar-refractivity contribution is -0.136. The molecular weight excluding hydrogens is 454 g/mol. The van der Waals surface area contributed by atoms with Gasteiger partial charge in [-0.15, -0.1) is 0 Å². The van der Waals surface area contributed by atoms with Crippen LogP contribution in [0.5, 0.6) is 0 Å². The summed E-state index contributed by atoms with van der Waals surface area (Å²) in [4.78, 5) is 35.2. The number of aromatic amines is 1. The smallest absolute Gasteiger partial charge is 0.256 e. The standard InChI is InChI=1S/C24H26F2N8O/c1-13-30-22-18(33(13)12-19(25)26)6-14(9-27-22)16-10-28-21-17(16)11-29-23(32-21)31-15-7-24(2,8-15)34-5-3-4-20(34)35/h6,9-11,15,19H,3-5,7-8,12H2,1-2H3,(H2,28,29,31,32)/t15-,24-. The number of alkyl halides is 2. The average molecular weight is 481 g/mol. The van der Waals surface area contributed by atoms with E-state index in [0.29, 0.717) is 35.0 Å². The Balaban J connectivity index is 1.22. The van der Waals surface area contributed by atoms with E-state index in [1.807, 2.05) is 17.2 Å². The molecule has 2 aliphatic rings. The molecule has 0 atom stereocenters. The first-order chi connectivity index (χ1) is 16.8. The van der Waals surface area contributed by atoms with E-state index < -0.39 is 13.0 Å². The number of likely N-dealkylation sites (tertiary alicyclic amines) is 1. The summed E-state index contributed by atoms with van der Waals surface area (Å²) in [6.45, 7) is 4.27. The molecule has 0 unspecified atom stereocenters. The molecule has 2 fully saturated rings. The van der Waals surface area contributed by atoms with Crippen molar-refractivity contribution in [1.29, 1.82) is 0 Å². The number of hydrogen-bond acceptors (Lipinski definition) is 6. The van der Waals surface area contributed by atoms with Crippen LogP contribution in [-0.4, -0.2) is 64.8 Å². The van der Waals surface area contributed by atoms with E-state index in [2.05, 4.69) is 37.2 Å². The second-order valence-corrected chi connectivity index (χ2v) is 9.78. The van der Waals surface area contributed by atoms with Crippen molar-refractivity contribution in [1.82, 2.24) is 34.4 Å². The van der Waals surface area contributed by atoms with Crippen LogP contribution >= 0.6 is 0 Å². The summed E-state index contributed by atoms with van der Waals surface area (Å²) in [5.74, 6) is 1.29. The van der Waals surface area contributed by atoms with Gasteiger partial charge in [0.1, 0.15) is 11.5 Å². The Morgan fingerprint density at radius 3 is 2.83 bits per heavy atom. The molecule has 0 spiro atoms. The lowest BCUT2D eigenvalue weighted by atomic mass is 9.73. The van der Waals surface area contributed by atoms with Gasteiger partial charge in [0.15, 0.2) is 5.65 Å². The Hall–Kier alpha value is -3.63. The van der Waals surface area contributed by atoms with E-state index in [1.165, 1.54) is 4.57 Å². The zero-order valence-corrected chi connectivity index (χ0v) is 19.6. The number of amides is 1. The van der Waals surface area contributed by atoms with Crippen molar-refractivity contribution in [3.63, 3.8) is 0 Å². The van der Waals surface area contributed by atoms with Crippen LogP contribution in [0.15, 0.2) is 24.7 Å². The SMILES string of the molecule is Cc1nc2ncc(-c3c[nH]c4nc(N[C@H]5C[C@](C)(N6CCCC6=O)C5)ncc34)cc2n1CC(F)F. The number of hydrogen-bond donors (Lipinski definition) is 2. The molecule has 4 aromatic rings. The summed E-state index contributed by atoms with van der Waals surface area (Å²) >= 11 is 0. The lowest BCUT2D eigenvalue weighted by Gasteiger charge is -2.51. The monoisotopic (exact) mass is 480 g/mol. The fourth-order valence-electron chi connectivity index (χ4n) is 5.58. The lowest BCUT2D eigenvalue weighted by Crippen LogP contribution is -2.59. The number of anilines is 1. The summed E-state index contributed by atoms with van der Waals surface area (Å²) in [6, 6.07) is 2.04. The quantitative estimate of drug-likeness (QED) is 0.434. The largest absolute Gasteiger partial charge is 0.351 e. The summed E-state index contributed by atoms with van der Waals surface area (Å²) in [6.07, 6.45) is 6.12. The Morgan fingerprint density at radius 1 is 1.26 bits per heavy atom. The predicted molar refractivity (Wildman–Crippen MR) is 127 cm³/mol. The molecule has 11 heteroatoms. The van der Waals surface area contributed by atoms with E-state index in [4.69, 9.17) is 0 Å². The van der Waals surface area contributed by atoms with Gasteiger partial charge >= 0.3 is 0 Å². The van der Waals surface area contributed by atoms with Gasteiger partial charge in [0.2, 0.25) is 11.9 Å². The van der Waals surface area contributed by atoms with Crippen molar-refractivity contribution in [2.45, 2.75) is 64.1 Å². The van der Waals surface area contributed by atoms with Crippen molar-refractivity contribution in [3.05, 3.63) is 30.5 Å². The van der Waals surface area contributed by atoms with E-state index in [0.717, 1.165) is 42.3 Å². The van der Waals surface area contributed by atoms with Crippen LogP contribution in [0, 0.1) is 6.92 Å². The summed E-state index contributed by atoms with van der Waals surface area (Å²) in [5, 5.41) is 4.20. The molecule has 182 valence electrons. The van der Waals surface area contributed by atoms with Gasteiger partial charge in [-0.2, -0.15) is 4.98 Å². The minimum Gasteiger partial charge on any atom is -0.351 e. The Labute approximate surface area is 200 Å². The van der Waals surface area contributed by atoms with Crippen LogP contribution in [0.1, 0.15) is 38.4 Å². The number of aryl methyl sites for hydroxylation is 1. The first-order valence-electron chi connectivity index (χ1n) is 11.8. The van der Waals surface area contributed by atoms with E-state index in [9.17, 15) is 13.6 Å². The number of pyridine rings is 1. The number of nitrogens with one attached hydrogen (secondary N) is 2. The summed E-state index contributed by atoms with van der Waals surface area (Å²) in [5.41, 5.74) is 3.21. The summed E-state index contributed by atoms with van der Waals surface area (Å²) < 4.78 is 27.6. The van der Waals surface area contributed by atoms with Crippen molar-refractivity contribution < 1.29 is 13.6 Å². The average Bonchev–Trinajstić information content (AvgIpc) is 3.49. The maximum Gasteiger partial charge on any atom is 0.256 e. The number of carbonyl (C=O) groups is 1. The van der Waals surface area contributed by atoms with Crippen molar-refractivity contribution in [3.8, 4) is 11.1 Å². The van der Waals surface area contributed by atoms with Crippen molar-refractivity contribution >= 4 is 34.1 Å². The molecule has 0 radical (unpaired) electrons. The van der Waals surface area contributed by atoms with Gasteiger partial charge in [0, 0.05) is 59.7 Å². The minimum atomic E-state index is -2.48. The van der Waals surface area contributed by atoms with Crippen LogP contribution < -0.4 is 5.32 Å². The van der Waals surface area contributed by atoms with Gasteiger partial charge in [0.05, 0.1) is 12.1 Å². The third-order valence-corrected chi connectivity index (χ3v) is 7.29. The normalized spacial score (nSPS) is 22.5. The highest BCUT2D eigenvalue weighted by Gasteiger charge is 2.48. The molecule has 0 bridgehead atoms. The van der Waals surface area contributed by atoms with Crippen LogP contribution in [0.3, 0.4) is 0 Å². The molecule has 35 heavy (non-hydrogen) atoms. The Bertz CT molecular complexity index is 1440. The van der Waals surface area contributed by atoms with E-state index >= 15 is 0 Å². The number of carbonyl (C=O) groups excluding carboxylic acids is 1. The maximum atomic E-state index is 13.1. The third kappa shape index (κ3) is 3.69. The fraction of sp³-hybridized carbons (Fsp3) is 0.458. The maximum absolute atomic E-state index is 13.1. The first kappa shape index (κ1) is 21.9. The molecule has 2 N–H and O–H groups in total. The zero-order chi connectivity index (χ0) is 24.3. The highest BCUT2D eigenvalue weighted by molar-refractivity contribution is 5.95. The van der Waals surface area contributed by atoms with E-state index in [1.54, 1.807) is 19.3 Å². The Morgan fingerprint density at radius 2 is 2.09 bits per heavy atom. The molecular formula is C24H26F2N8O. The van der Waals surface area contributed by atoms with Crippen LogP contribution in [0.2, 0.25) is 0 Å². The van der Waals surface area contributed by atoms with Gasteiger partial charge in [-0.25, -0.2) is 23.7 Å². The molecule has 1 aliphatic carbocycles. The van der Waals surface area contributed by atoms with Gasteiger partial charge in [0.25, 0.3) is 6.43 Å². The molecule has 1 aliphatic heterocycles. The van der Waals surface area contributed by atoms with Gasteiger partial charge in [-0.3, -0.25) is 4.79 Å². The number of nitrogens with zero attached hydrogens (tertiary/aromatic N) is 6. The Kier molecular flexibility index (Phi) is 4.97. The molecule has 1 saturated carbocycles. The van der Waals surface area contributed by atoms with Crippen LogP contribution in [-0.2, 0) is 11.3 Å². The van der Waals surface area contributed by atoms with Crippen molar-refractivity contribution in [2.24, 2.45) is 0 Å². The van der Waals surface area contributed by atoms with Crippen LogP contribution in [0.4, 0.5) is 14.7 Å². The van der Waals surface area contributed by atoms with Gasteiger partial charge in [-0.1, -0.05) is 0 Å². The minimum absolute atomic E-state index is 0.0875. The number of aromatic nitrogens is 6. The molecule has 5 heterocycles. The van der Waals surface area contributed by atoms with E-state index in [-0.39, 0.29) is 17.5 Å². The molecule has 1 saturated heterocycles. The number of imidazole rings is 1.